The molecule has 1 amide bonds. The first kappa shape index (κ1) is 14.6. The van der Waals surface area contributed by atoms with E-state index >= 15 is 0 Å². The van der Waals surface area contributed by atoms with Gasteiger partial charge in [-0.25, -0.2) is 0 Å². The van der Waals surface area contributed by atoms with Crippen LogP contribution in [0.3, 0.4) is 0 Å². The molecule has 0 atom stereocenters. The van der Waals surface area contributed by atoms with Crippen LogP contribution in [0.1, 0.15) is 32.6 Å². The summed E-state index contributed by atoms with van der Waals surface area (Å²) in [5.74, 6) is -0.137. The van der Waals surface area contributed by atoms with Crippen molar-refractivity contribution in [1.82, 2.24) is 0 Å². The fourth-order valence-corrected chi connectivity index (χ4v) is 2.51. The van der Waals surface area contributed by atoms with Crippen LogP contribution in [0, 0.1) is 27.7 Å². The number of hydrogen-bond acceptors (Lipinski definition) is 1. The van der Waals surface area contributed by atoms with Gasteiger partial charge in [-0.15, -0.1) is 0 Å². The molecule has 0 saturated heterocycles. The van der Waals surface area contributed by atoms with Gasteiger partial charge in [0.15, 0.2) is 0 Å². The molecule has 2 rings (SSSR count). The fourth-order valence-electron chi connectivity index (χ4n) is 2.14. The van der Waals surface area contributed by atoms with Gasteiger partial charge in [-0.1, -0.05) is 23.7 Å². The number of rotatable bonds is 2. The third-order valence-electron chi connectivity index (χ3n) is 3.44. The second kappa shape index (κ2) is 5.68. The molecule has 2 nitrogen and oxygen atoms in total. The zero-order chi connectivity index (χ0) is 14.9. The molecule has 0 aliphatic carbocycles. The second-order valence-electron chi connectivity index (χ2n) is 5.19. The van der Waals surface area contributed by atoms with Crippen molar-refractivity contribution in [3.8, 4) is 0 Å². The molecule has 0 bridgehead atoms. The first-order valence-corrected chi connectivity index (χ1v) is 6.91. The number of hydrogen-bond donors (Lipinski definition) is 1. The van der Waals surface area contributed by atoms with Crippen molar-refractivity contribution < 1.29 is 4.79 Å². The molecular weight excluding hydrogens is 270 g/mol. The molecule has 0 aliphatic rings. The normalized spacial score (nSPS) is 10.4. The van der Waals surface area contributed by atoms with Crippen LogP contribution in [-0.2, 0) is 0 Å². The zero-order valence-electron chi connectivity index (χ0n) is 12.2. The van der Waals surface area contributed by atoms with Crippen LogP contribution in [-0.4, -0.2) is 5.91 Å². The highest BCUT2D eigenvalue weighted by Crippen LogP contribution is 2.27. The quantitative estimate of drug-likeness (QED) is 0.842. The maximum absolute atomic E-state index is 12.3. The predicted octanol–water partition coefficient (Wildman–Crippen LogP) is 4.83. The van der Waals surface area contributed by atoms with Crippen LogP contribution in [0.25, 0.3) is 0 Å². The van der Waals surface area contributed by atoms with Gasteiger partial charge in [0, 0.05) is 5.56 Å². The number of anilines is 1. The van der Waals surface area contributed by atoms with E-state index in [1.165, 1.54) is 5.56 Å². The summed E-state index contributed by atoms with van der Waals surface area (Å²) in [5.41, 5.74) is 5.64. The molecule has 3 heteroatoms. The summed E-state index contributed by atoms with van der Waals surface area (Å²) in [6, 6.07) is 9.53. The monoisotopic (exact) mass is 287 g/mol. The Kier molecular flexibility index (Phi) is 4.15. The van der Waals surface area contributed by atoms with Gasteiger partial charge in [0.25, 0.3) is 5.91 Å². The van der Waals surface area contributed by atoms with Crippen molar-refractivity contribution in [2.45, 2.75) is 27.7 Å². The Morgan fingerprint density at radius 3 is 2.25 bits per heavy atom. The molecule has 20 heavy (non-hydrogen) atoms. The first-order chi connectivity index (χ1) is 9.38. The molecule has 2 aromatic rings. The van der Waals surface area contributed by atoms with Crippen molar-refractivity contribution in [3.05, 3.63) is 63.2 Å². The summed E-state index contributed by atoms with van der Waals surface area (Å²) in [6.07, 6.45) is 0. The van der Waals surface area contributed by atoms with E-state index in [0.717, 1.165) is 16.7 Å². The summed E-state index contributed by atoms with van der Waals surface area (Å²) in [5, 5.41) is 3.47. The van der Waals surface area contributed by atoms with Crippen molar-refractivity contribution in [1.29, 1.82) is 0 Å². The van der Waals surface area contributed by atoms with Gasteiger partial charge in [-0.3, -0.25) is 4.79 Å². The number of amides is 1. The molecular formula is C17H18ClNO. The standard InChI is InChI=1S/C17H18ClNO/c1-10-7-13(4)16(15(18)8-10)19-17(20)14-6-5-11(2)12(3)9-14/h5-9H,1-4H3,(H,19,20). The maximum atomic E-state index is 12.3. The summed E-state index contributed by atoms with van der Waals surface area (Å²) < 4.78 is 0. The molecule has 0 spiro atoms. The average Bonchev–Trinajstić information content (AvgIpc) is 2.36. The Morgan fingerprint density at radius 1 is 0.950 bits per heavy atom. The molecule has 0 heterocycles. The fraction of sp³-hybridized carbons (Fsp3) is 0.235. The zero-order valence-corrected chi connectivity index (χ0v) is 12.9. The Labute approximate surface area is 124 Å². The minimum Gasteiger partial charge on any atom is -0.320 e. The smallest absolute Gasteiger partial charge is 0.255 e. The number of benzene rings is 2. The van der Waals surface area contributed by atoms with Crippen LogP contribution in [0.5, 0.6) is 0 Å². The molecule has 104 valence electrons. The van der Waals surface area contributed by atoms with E-state index in [-0.39, 0.29) is 5.91 Å². The van der Waals surface area contributed by atoms with Crippen molar-refractivity contribution >= 4 is 23.2 Å². The van der Waals surface area contributed by atoms with E-state index in [1.807, 2.05) is 58.0 Å². The summed E-state index contributed by atoms with van der Waals surface area (Å²) in [4.78, 5) is 12.3. The third-order valence-corrected chi connectivity index (χ3v) is 3.74. The number of halogens is 1. The number of carbonyl (C=O) groups is 1. The Bertz CT molecular complexity index is 654. The van der Waals surface area contributed by atoms with Crippen molar-refractivity contribution in [3.63, 3.8) is 0 Å². The SMILES string of the molecule is Cc1cc(C)c(NC(=O)c2ccc(C)c(C)c2)c(Cl)c1. The van der Waals surface area contributed by atoms with E-state index < -0.39 is 0 Å². The molecule has 0 radical (unpaired) electrons. The van der Waals surface area contributed by atoms with E-state index in [0.29, 0.717) is 16.3 Å². The van der Waals surface area contributed by atoms with E-state index in [1.54, 1.807) is 0 Å². The minimum absolute atomic E-state index is 0.137. The maximum Gasteiger partial charge on any atom is 0.255 e. The summed E-state index contributed by atoms with van der Waals surface area (Å²) in [6.45, 7) is 7.94. The van der Waals surface area contributed by atoms with Crippen LogP contribution in [0.2, 0.25) is 5.02 Å². The van der Waals surface area contributed by atoms with Crippen LogP contribution >= 0.6 is 11.6 Å². The van der Waals surface area contributed by atoms with Gasteiger partial charge in [0.2, 0.25) is 0 Å². The number of carbonyl (C=O) groups excluding carboxylic acids is 1. The average molecular weight is 288 g/mol. The van der Waals surface area contributed by atoms with Gasteiger partial charge < -0.3 is 5.32 Å². The lowest BCUT2D eigenvalue weighted by Gasteiger charge is -2.12. The Hall–Kier alpha value is -1.80. The Balaban J connectivity index is 2.30. The largest absolute Gasteiger partial charge is 0.320 e. The van der Waals surface area contributed by atoms with Crippen molar-refractivity contribution in [2.24, 2.45) is 0 Å². The van der Waals surface area contributed by atoms with Crippen LogP contribution in [0.4, 0.5) is 5.69 Å². The molecule has 1 N–H and O–H groups in total. The minimum atomic E-state index is -0.137. The number of aryl methyl sites for hydroxylation is 4. The lowest BCUT2D eigenvalue weighted by Crippen LogP contribution is -2.13. The highest BCUT2D eigenvalue weighted by Gasteiger charge is 2.11. The van der Waals surface area contributed by atoms with Gasteiger partial charge >= 0.3 is 0 Å². The molecule has 0 aliphatic heterocycles. The van der Waals surface area contributed by atoms with Gasteiger partial charge in [-0.05, 0) is 68.1 Å². The summed E-state index contributed by atoms with van der Waals surface area (Å²) >= 11 is 6.21. The Morgan fingerprint density at radius 2 is 1.65 bits per heavy atom. The number of nitrogens with one attached hydrogen (secondary N) is 1. The van der Waals surface area contributed by atoms with Gasteiger partial charge in [0.1, 0.15) is 0 Å². The second-order valence-corrected chi connectivity index (χ2v) is 5.60. The molecule has 0 unspecified atom stereocenters. The van der Waals surface area contributed by atoms with E-state index in [2.05, 4.69) is 5.32 Å². The summed E-state index contributed by atoms with van der Waals surface area (Å²) in [7, 11) is 0. The lowest BCUT2D eigenvalue weighted by molar-refractivity contribution is 0.102. The van der Waals surface area contributed by atoms with Crippen molar-refractivity contribution in [2.75, 3.05) is 5.32 Å². The molecule has 0 aromatic heterocycles. The van der Waals surface area contributed by atoms with E-state index in [9.17, 15) is 4.79 Å². The van der Waals surface area contributed by atoms with Gasteiger partial charge in [-0.2, -0.15) is 0 Å². The predicted molar refractivity (Wildman–Crippen MR) is 84.8 cm³/mol. The molecule has 2 aromatic carbocycles. The highest BCUT2D eigenvalue weighted by molar-refractivity contribution is 6.34. The molecule has 0 saturated carbocycles. The molecule has 0 fully saturated rings. The van der Waals surface area contributed by atoms with Crippen LogP contribution in [0.15, 0.2) is 30.3 Å². The van der Waals surface area contributed by atoms with Crippen LogP contribution < -0.4 is 5.32 Å². The lowest BCUT2D eigenvalue weighted by atomic mass is 10.1. The topological polar surface area (TPSA) is 29.1 Å². The van der Waals surface area contributed by atoms with E-state index in [4.69, 9.17) is 11.6 Å². The first-order valence-electron chi connectivity index (χ1n) is 6.54. The van der Waals surface area contributed by atoms with Gasteiger partial charge in [0.05, 0.1) is 10.7 Å². The third kappa shape index (κ3) is 3.02. The highest BCUT2D eigenvalue weighted by atomic mass is 35.5.